The van der Waals surface area contributed by atoms with Gasteiger partial charge < -0.3 is 10.3 Å². The van der Waals surface area contributed by atoms with Gasteiger partial charge in [-0.2, -0.15) is 0 Å². The van der Waals surface area contributed by atoms with Crippen LogP contribution >= 0.6 is 0 Å². The molecule has 8 nitrogen and oxygen atoms in total. The Balaban J connectivity index is 1.38. The first-order chi connectivity index (χ1) is 19.2. The molecule has 40 heavy (non-hydrogen) atoms. The fourth-order valence-corrected chi connectivity index (χ4v) is 7.07. The molecule has 3 aromatic carbocycles. The molecule has 8 heteroatoms. The van der Waals surface area contributed by atoms with E-state index < -0.39 is 29.3 Å². The first-order valence-corrected chi connectivity index (χ1v) is 13.5. The Kier molecular flexibility index (Phi) is 5.18. The Hall–Kier alpha value is -4.56. The summed E-state index contributed by atoms with van der Waals surface area (Å²) in [5.74, 6) is -2.86. The second-order valence-electron chi connectivity index (χ2n) is 11.2. The average molecular weight is 533 g/mol. The van der Waals surface area contributed by atoms with E-state index in [4.69, 9.17) is 0 Å². The molecule has 7 rings (SSSR count). The van der Waals surface area contributed by atoms with Crippen molar-refractivity contribution in [3.05, 3.63) is 94.7 Å². The summed E-state index contributed by atoms with van der Waals surface area (Å²) < 4.78 is 0. The third-order valence-electron chi connectivity index (χ3n) is 8.81. The van der Waals surface area contributed by atoms with E-state index in [1.165, 1.54) is 11.8 Å². The zero-order valence-electron chi connectivity index (χ0n) is 22.4. The molecule has 0 saturated carbocycles. The molecule has 4 atom stereocenters. The number of hydrogen-bond acceptors (Lipinski definition) is 5. The van der Waals surface area contributed by atoms with Gasteiger partial charge in [0.15, 0.2) is 5.78 Å². The average Bonchev–Trinajstić information content (AvgIpc) is 3.64. The van der Waals surface area contributed by atoms with Crippen LogP contribution in [-0.2, 0) is 26.3 Å². The molecular formula is C32H28N4O4. The largest absolute Gasteiger partial charge is 0.361 e. The molecule has 3 N–H and O–H groups in total. The minimum Gasteiger partial charge on any atom is -0.361 e. The number of ketones is 1. The van der Waals surface area contributed by atoms with Gasteiger partial charge in [0.05, 0.1) is 17.5 Å². The zero-order chi connectivity index (χ0) is 27.9. The Morgan fingerprint density at radius 1 is 0.975 bits per heavy atom. The standard InChI is InChI=1S/C32H28N4O4/c1-16-12-17(2)28-23(13-16)32(31(40)34-28)27-26(25(35-32)14-20-15-33-24-7-5-4-6-22(20)24)29(38)36(30(27)39)21-10-8-19(9-11-21)18(3)37/h4-13,15,25-27,33,35H,14H2,1-3H3,(H,34,40)/t25-,26-,27+,32+/m1/s1. The van der Waals surface area contributed by atoms with E-state index in [2.05, 4.69) is 15.6 Å². The fraction of sp³-hybridized carbons (Fsp3) is 0.250. The number of aromatic nitrogens is 1. The monoisotopic (exact) mass is 532 g/mol. The number of imide groups is 1. The highest BCUT2D eigenvalue weighted by atomic mass is 16.2. The van der Waals surface area contributed by atoms with Crippen molar-refractivity contribution in [2.45, 2.75) is 38.8 Å². The summed E-state index contributed by atoms with van der Waals surface area (Å²) in [4.78, 5) is 58.7. The number of Topliss-reactive ketones (excluding diaryl/α,β-unsaturated/α-hetero) is 1. The second kappa shape index (κ2) is 8.47. The molecule has 3 aliphatic rings. The van der Waals surface area contributed by atoms with Gasteiger partial charge in [-0.3, -0.25) is 24.5 Å². The highest BCUT2D eigenvalue weighted by Crippen LogP contribution is 2.54. The van der Waals surface area contributed by atoms with Crippen molar-refractivity contribution in [2.24, 2.45) is 11.8 Å². The maximum absolute atomic E-state index is 14.3. The number of aromatic amines is 1. The lowest BCUT2D eigenvalue weighted by molar-refractivity contribution is -0.130. The number of fused-ring (bicyclic) bond motifs is 5. The van der Waals surface area contributed by atoms with E-state index in [1.807, 2.05) is 56.4 Å². The number of nitrogens with one attached hydrogen (secondary N) is 3. The molecular weight excluding hydrogens is 504 g/mol. The summed E-state index contributed by atoms with van der Waals surface area (Å²) in [6.07, 6.45) is 2.39. The van der Waals surface area contributed by atoms with Crippen LogP contribution in [0.4, 0.5) is 11.4 Å². The smallest absolute Gasteiger partial charge is 0.250 e. The summed E-state index contributed by atoms with van der Waals surface area (Å²) in [6.45, 7) is 5.37. The molecule has 4 aromatic rings. The van der Waals surface area contributed by atoms with E-state index in [-0.39, 0.29) is 17.6 Å². The molecule has 0 aliphatic carbocycles. The van der Waals surface area contributed by atoms with E-state index in [0.29, 0.717) is 28.9 Å². The van der Waals surface area contributed by atoms with Crippen molar-refractivity contribution in [1.29, 1.82) is 0 Å². The SMILES string of the molecule is CC(=O)c1ccc(N2C(=O)[C@H]3[C@@H](C2=O)[C@]2(N[C@@H]3Cc3c[nH]c4ccccc34)C(=O)Nc3c(C)cc(C)cc32)cc1. The highest BCUT2D eigenvalue weighted by molar-refractivity contribution is 6.26. The molecule has 3 aliphatic heterocycles. The molecule has 3 amide bonds. The number of nitrogens with zero attached hydrogens (tertiary/aromatic N) is 1. The number of hydrogen-bond donors (Lipinski definition) is 3. The predicted molar refractivity (Wildman–Crippen MR) is 151 cm³/mol. The van der Waals surface area contributed by atoms with E-state index in [1.54, 1.807) is 24.3 Å². The number of benzene rings is 3. The van der Waals surface area contributed by atoms with Gasteiger partial charge in [0.1, 0.15) is 5.54 Å². The minimum absolute atomic E-state index is 0.102. The topological polar surface area (TPSA) is 111 Å². The van der Waals surface area contributed by atoms with Gasteiger partial charge in [0, 0.05) is 40.0 Å². The van der Waals surface area contributed by atoms with Gasteiger partial charge in [-0.15, -0.1) is 0 Å². The second-order valence-corrected chi connectivity index (χ2v) is 11.2. The number of amides is 3. The molecule has 1 spiro atoms. The lowest BCUT2D eigenvalue weighted by Crippen LogP contribution is -2.53. The summed E-state index contributed by atoms with van der Waals surface area (Å²) in [6, 6.07) is 17.9. The van der Waals surface area contributed by atoms with Crippen molar-refractivity contribution in [2.75, 3.05) is 10.2 Å². The van der Waals surface area contributed by atoms with Gasteiger partial charge in [0.25, 0.3) is 0 Å². The van der Waals surface area contributed by atoms with Gasteiger partial charge in [-0.05, 0) is 68.7 Å². The van der Waals surface area contributed by atoms with Crippen molar-refractivity contribution < 1.29 is 19.2 Å². The van der Waals surface area contributed by atoms with Crippen LogP contribution in [0, 0.1) is 25.7 Å². The first-order valence-electron chi connectivity index (χ1n) is 13.5. The summed E-state index contributed by atoms with van der Waals surface area (Å²) in [5, 5.41) is 7.62. The Labute approximate surface area is 230 Å². The van der Waals surface area contributed by atoms with Crippen LogP contribution < -0.4 is 15.5 Å². The number of aryl methyl sites for hydroxylation is 2. The van der Waals surface area contributed by atoms with Gasteiger partial charge in [0.2, 0.25) is 17.7 Å². The normalized spacial score (nSPS) is 25.1. The maximum Gasteiger partial charge on any atom is 0.250 e. The van der Waals surface area contributed by atoms with E-state index in [9.17, 15) is 19.2 Å². The molecule has 1 aromatic heterocycles. The summed E-state index contributed by atoms with van der Waals surface area (Å²) in [5.41, 5.74) is 4.79. The molecule has 0 radical (unpaired) electrons. The number of para-hydroxylation sites is 1. The van der Waals surface area contributed by atoms with Gasteiger partial charge in [-0.1, -0.05) is 35.9 Å². The minimum atomic E-state index is -1.38. The van der Waals surface area contributed by atoms with Crippen molar-refractivity contribution in [1.82, 2.24) is 10.3 Å². The fourth-order valence-electron chi connectivity index (χ4n) is 7.07. The number of carbonyl (C=O) groups is 4. The van der Waals surface area contributed by atoms with Crippen molar-refractivity contribution in [3.63, 3.8) is 0 Å². The molecule has 2 saturated heterocycles. The number of rotatable bonds is 4. The highest BCUT2D eigenvalue weighted by Gasteiger charge is 2.70. The number of anilines is 2. The first kappa shape index (κ1) is 24.5. The lowest BCUT2D eigenvalue weighted by atomic mass is 9.75. The third kappa shape index (κ3) is 3.23. The molecule has 2 fully saturated rings. The van der Waals surface area contributed by atoms with E-state index in [0.717, 1.165) is 27.6 Å². The zero-order valence-corrected chi connectivity index (χ0v) is 22.4. The molecule has 4 heterocycles. The molecule has 0 bridgehead atoms. The molecule has 0 unspecified atom stereocenters. The lowest BCUT2D eigenvalue weighted by Gasteiger charge is -2.30. The maximum atomic E-state index is 14.3. The summed E-state index contributed by atoms with van der Waals surface area (Å²) in [7, 11) is 0. The van der Waals surface area contributed by atoms with Crippen molar-refractivity contribution in [3.8, 4) is 0 Å². The third-order valence-corrected chi connectivity index (χ3v) is 8.81. The number of carbonyl (C=O) groups excluding carboxylic acids is 4. The van der Waals surface area contributed by atoms with Crippen molar-refractivity contribution >= 4 is 45.8 Å². The van der Waals surface area contributed by atoms with Crippen LogP contribution in [-0.4, -0.2) is 34.5 Å². The molecule has 200 valence electrons. The van der Waals surface area contributed by atoms with Gasteiger partial charge in [-0.25, -0.2) is 4.90 Å². The Morgan fingerprint density at radius 2 is 1.73 bits per heavy atom. The quantitative estimate of drug-likeness (QED) is 0.270. The van der Waals surface area contributed by atoms with E-state index >= 15 is 0 Å². The van der Waals surface area contributed by atoms with Crippen LogP contribution in [0.3, 0.4) is 0 Å². The van der Waals surface area contributed by atoms with Crippen LogP contribution in [0.15, 0.2) is 66.9 Å². The van der Waals surface area contributed by atoms with Crippen LogP contribution in [0.1, 0.15) is 39.5 Å². The number of H-pyrrole nitrogens is 1. The Bertz CT molecular complexity index is 1770. The van der Waals surface area contributed by atoms with Crippen LogP contribution in [0.5, 0.6) is 0 Å². The summed E-state index contributed by atoms with van der Waals surface area (Å²) >= 11 is 0. The van der Waals surface area contributed by atoms with Crippen LogP contribution in [0.25, 0.3) is 10.9 Å². The van der Waals surface area contributed by atoms with Gasteiger partial charge >= 0.3 is 0 Å². The predicted octanol–water partition coefficient (Wildman–Crippen LogP) is 4.16. The van der Waals surface area contributed by atoms with Crippen LogP contribution in [0.2, 0.25) is 0 Å². The Morgan fingerprint density at radius 3 is 2.48 bits per heavy atom.